The number of aromatic nitrogens is 1. The lowest BCUT2D eigenvalue weighted by Gasteiger charge is -1.89. The SMILES string of the molecule is COc1csc(-c2nc3ccc(N)cc3o2)c1. The zero-order chi connectivity index (χ0) is 11.8. The monoisotopic (exact) mass is 246 g/mol. The summed E-state index contributed by atoms with van der Waals surface area (Å²) in [5, 5.41) is 1.92. The van der Waals surface area contributed by atoms with Gasteiger partial charge >= 0.3 is 0 Å². The maximum absolute atomic E-state index is 5.69. The molecule has 1 aromatic carbocycles. The van der Waals surface area contributed by atoms with Crippen LogP contribution in [-0.2, 0) is 0 Å². The van der Waals surface area contributed by atoms with Crippen LogP contribution < -0.4 is 10.5 Å². The van der Waals surface area contributed by atoms with Gasteiger partial charge in [-0.2, -0.15) is 0 Å². The van der Waals surface area contributed by atoms with E-state index in [0.717, 1.165) is 16.1 Å². The fraction of sp³-hybridized carbons (Fsp3) is 0.0833. The van der Waals surface area contributed by atoms with Crippen LogP contribution in [0.5, 0.6) is 5.75 Å². The van der Waals surface area contributed by atoms with Crippen LogP contribution in [0.4, 0.5) is 5.69 Å². The van der Waals surface area contributed by atoms with Gasteiger partial charge in [0.05, 0.1) is 12.0 Å². The molecule has 2 heterocycles. The minimum absolute atomic E-state index is 0.596. The second-order valence-corrected chi connectivity index (χ2v) is 4.51. The van der Waals surface area contributed by atoms with Crippen LogP contribution in [0.2, 0.25) is 0 Å². The molecule has 0 fully saturated rings. The number of thiophene rings is 1. The average Bonchev–Trinajstić information content (AvgIpc) is 2.93. The molecule has 2 aromatic heterocycles. The Morgan fingerprint density at radius 3 is 3.00 bits per heavy atom. The van der Waals surface area contributed by atoms with Gasteiger partial charge in [0.2, 0.25) is 5.89 Å². The molecule has 0 atom stereocenters. The normalized spacial score (nSPS) is 10.9. The van der Waals surface area contributed by atoms with Crippen molar-refractivity contribution in [3.05, 3.63) is 29.6 Å². The lowest BCUT2D eigenvalue weighted by atomic mass is 10.3. The van der Waals surface area contributed by atoms with E-state index in [4.69, 9.17) is 14.9 Å². The number of fused-ring (bicyclic) bond motifs is 1. The number of rotatable bonds is 2. The summed E-state index contributed by atoms with van der Waals surface area (Å²) in [4.78, 5) is 5.35. The minimum Gasteiger partial charge on any atom is -0.496 e. The summed E-state index contributed by atoms with van der Waals surface area (Å²) in [6.45, 7) is 0. The molecule has 86 valence electrons. The van der Waals surface area contributed by atoms with Crippen LogP contribution in [0.15, 0.2) is 34.1 Å². The van der Waals surface area contributed by atoms with Crippen LogP contribution in [0.1, 0.15) is 0 Å². The molecule has 0 spiro atoms. The number of hydrogen-bond acceptors (Lipinski definition) is 5. The Morgan fingerprint density at radius 2 is 2.24 bits per heavy atom. The summed E-state index contributed by atoms with van der Waals surface area (Å²) in [5.74, 6) is 1.41. The molecule has 0 aliphatic rings. The highest BCUT2D eigenvalue weighted by Crippen LogP contribution is 2.32. The van der Waals surface area contributed by atoms with E-state index >= 15 is 0 Å². The van der Waals surface area contributed by atoms with E-state index in [1.165, 1.54) is 11.3 Å². The molecular weight excluding hydrogens is 236 g/mol. The van der Waals surface area contributed by atoms with Crippen molar-refractivity contribution in [3.63, 3.8) is 0 Å². The summed E-state index contributed by atoms with van der Waals surface area (Å²) < 4.78 is 10.8. The van der Waals surface area contributed by atoms with Gasteiger partial charge in [-0.3, -0.25) is 0 Å². The molecule has 0 aliphatic heterocycles. The van der Waals surface area contributed by atoms with Crippen LogP contribution in [0.3, 0.4) is 0 Å². The molecule has 0 saturated heterocycles. The maximum atomic E-state index is 5.69. The number of hydrogen-bond donors (Lipinski definition) is 1. The molecule has 5 heteroatoms. The Kier molecular flexibility index (Phi) is 2.26. The molecule has 4 nitrogen and oxygen atoms in total. The summed E-state index contributed by atoms with van der Waals surface area (Å²) in [6, 6.07) is 7.33. The van der Waals surface area contributed by atoms with E-state index in [0.29, 0.717) is 17.2 Å². The molecule has 0 amide bonds. The van der Waals surface area contributed by atoms with Gasteiger partial charge in [0.1, 0.15) is 11.3 Å². The first-order chi connectivity index (χ1) is 8.26. The fourth-order valence-corrected chi connectivity index (χ4v) is 2.36. The van der Waals surface area contributed by atoms with Crippen molar-refractivity contribution >= 4 is 28.1 Å². The van der Waals surface area contributed by atoms with Crippen LogP contribution in [-0.4, -0.2) is 12.1 Å². The summed E-state index contributed by atoms with van der Waals surface area (Å²) in [7, 11) is 1.64. The van der Waals surface area contributed by atoms with E-state index in [1.54, 1.807) is 13.2 Å². The summed E-state index contributed by atoms with van der Waals surface area (Å²) in [6.07, 6.45) is 0. The topological polar surface area (TPSA) is 61.3 Å². The molecule has 2 N–H and O–H groups in total. The van der Waals surface area contributed by atoms with E-state index in [-0.39, 0.29) is 0 Å². The summed E-state index contributed by atoms with van der Waals surface area (Å²) in [5.41, 5.74) is 7.87. The molecule has 0 bridgehead atoms. The first-order valence-corrected chi connectivity index (χ1v) is 5.93. The third-order valence-electron chi connectivity index (χ3n) is 2.43. The third kappa shape index (κ3) is 1.74. The number of nitrogens with zero attached hydrogens (tertiary/aromatic N) is 1. The predicted molar refractivity (Wildman–Crippen MR) is 68.3 cm³/mol. The van der Waals surface area contributed by atoms with E-state index in [2.05, 4.69) is 4.98 Å². The Morgan fingerprint density at radius 1 is 1.35 bits per heavy atom. The quantitative estimate of drug-likeness (QED) is 0.705. The van der Waals surface area contributed by atoms with Crippen molar-refractivity contribution in [2.45, 2.75) is 0 Å². The van der Waals surface area contributed by atoms with Crippen LogP contribution in [0, 0.1) is 0 Å². The molecule has 0 saturated carbocycles. The first kappa shape index (κ1) is 10.2. The van der Waals surface area contributed by atoms with Gasteiger partial charge < -0.3 is 14.9 Å². The third-order valence-corrected chi connectivity index (χ3v) is 3.33. The molecule has 0 radical (unpaired) electrons. The van der Waals surface area contributed by atoms with Crippen LogP contribution in [0.25, 0.3) is 21.9 Å². The van der Waals surface area contributed by atoms with Crippen molar-refractivity contribution in [1.82, 2.24) is 4.98 Å². The van der Waals surface area contributed by atoms with Gasteiger partial charge in [0, 0.05) is 23.2 Å². The number of ether oxygens (including phenoxy) is 1. The smallest absolute Gasteiger partial charge is 0.237 e. The lowest BCUT2D eigenvalue weighted by molar-refractivity contribution is 0.416. The van der Waals surface area contributed by atoms with Gasteiger partial charge in [-0.05, 0) is 12.1 Å². The zero-order valence-electron chi connectivity index (χ0n) is 9.14. The maximum Gasteiger partial charge on any atom is 0.237 e. The van der Waals surface area contributed by atoms with E-state index in [9.17, 15) is 0 Å². The molecule has 3 aromatic rings. The van der Waals surface area contributed by atoms with E-state index < -0.39 is 0 Å². The highest BCUT2D eigenvalue weighted by atomic mass is 32.1. The van der Waals surface area contributed by atoms with E-state index in [1.807, 2.05) is 23.6 Å². The van der Waals surface area contributed by atoms with Crippen LogP contribution >= 0.6 is 11.3 Å². The number of methoxy groups -OCH3 is 1. The van der Waals surface area contributed by atoms with Crippen molar-refractivity contribution in [2.24, 2.45) is 0 Å². The standard InChI is InChI=1S/C12H10N2O2S/c1-15-8-5-11(17-6-8)12-14-9-3-2-7(13)4-10(9)16-12/h2-6H,13H2,1H3. The lowest BCUT2D eigenvalue weighted by Crippen LogP contribution is -1.81. The van der Waals surface area contributed by atoms with Gasteiger partial charge in [-0.25, -0.2) is 4.98 Å². The van der Waals surface area contributed by atoms with Gasteiger partial charge in [0.15, 0.2) is 5.58 Å². The van der Waals surface area contributed by atoms with Gasteiger partial charge in [0.25, 0.3) is 0 Å². The number of oxazole rings is 1. The van der Waals surface area contributed by atoms with Crippen molar-refractivity contribution < 1.29 is 9.15 Å². The largest absolute Gasteiger partial charge is 0.496 e. The number of nitrogens with two attached hydrogens (primary N) is 1. The van der Waals surface area contributed by atoms with Crippen molar-refractivity contribution in [1.29, 1.82) is 0 Å². The molecule has 0 aliphatic carbocycles. The Hall–Kier alpha value is -2.01. The van der Waals surface area contributed by atoms with Gasteiger partial charge in [-0.1, -0.05) is 0 Å². The van der Waals surface area contributed by atoms with Crippen molar-refractivity contribution in [2.75, 3.05) is 12.8 Å². The molecular formula is C12H10N2O2S. The predicted octanol–water partition coefficient (Wildman–Crippen LogP) is 3.15. The minimum atomic E-state index is 0.596. The Bertz CT molecular complexity index is 672. The summed E-state index contributed by atoms with van der Waals surface area (Å²) >= 11 is 1.53. The highest BCUT2D eigenvalue weighted by Gasteiger charge is 2.10. The molecule has 0 unspecified atom stereocenters. The molecule has 17 heavy (non-hydrogen) atoms. The highest BCUT2D eigenvalue weighted by molar-refractivity contribution is 7.13. The first-order valence-electron chi connectivity index (χ1n) is 5.05. The zero-order valence-corrected chi connectivity index (χ0v) is 9.95. The number of anilines is 1. The average molecular weight is 246 g/mol. The van der Waals surface area contributed by atoms with Crippen molar-refractivity contribution in [3.8, 4) is 16.5 Å². The second kappa shape index (κ2) is 3.78. The number of nitrogen functional groups attached to an aromatic ring is 1. The number of benzene rings is 1. The Balaban J connectivity index is 2.11. The Labute approximate surface area is 102 Å². The molecule has 3 rings (SSSR count). The second-order valence-electron chi connectivity index (χ2n) is 3.60. The van der Waals surface area contributed by atoms with Gasteiger partial charge in [-0.15, -0.1) is 11.3 Å². The fourth-order valence-electron chi connectivity index (χ4n) is 1.58.